The molecule has 1 fully saturated rings. The molecule has 51 heavy (non-hydrogen) atoms. The van der Waals surface area contributed by atoms with Gasteiger partial charge >= 0.3 is 11.9 Å². The SMILES string of the molecule is CC/C=C\C/C=C\C/C=C\C/C=C\CCC(=O)OC(COC(=O)CCCCCCCCCCCC)COC1OC(CS(=O)(=O)O)C(O)C(O)C1O. The second kappa shape index (κ2) is 29.1. The molecule has 0 saturated carbocycles. The highest BCUT2D eigenvalue weighted by Crippen LogP contribution is 2.23. The Labute approximate surface area is 305 Å². The van der Waals surface area contributed by atoms with E-state index in [-0.39, 0.29) is 19.4 Å². The lowest BCUT2D eigenvalue weighted by Crippen LogP contribution is -2.60. The number of rotatable bonds is 29. The second-order valence-electron chi connectivity index (χ2n) is 12.9. The smallest absolute Gasteiger partial charge is 0.306 e. The van der Waals surface area contributed by atoms with Gasteiger partial charge in [-0.05, 0) is 38.5 Å². The molecule has 12 nitrogen and oxygen atoms in total. The third kappa shape index (κ3) is 24.5. The first-order chi connectivity index (χ1) is 24.5. The van der Waals surface area contributed by atoms with Crippen molar-refractivity contribution in [2.75, 3.05) is 19.0 Å². The average molecular weight is 745 g/mol. The van der Waals surface area contributed by atoms with Crippen LogP contribution < -0.4 is 0 Å². The zero-order chi connectivity index (χ0) is 37.7. The Balaban J connectivity index is 2.61. The number of aliphatic hydroxyl groups excluding tert-OH is 3. The molecule has 1 aliphatic rings. The molecule has 1 aliphatic heterocycles. The van der Waals surface area contributed by atoms with Crippen molar-refractivity contribution in [3.63, 3.8) is 0 Å². The van der Waals surface area contributed by atoms with Crippen molar-refractivity contribution in [1.82, 2.24) is 0 Å². The molecule has 1 rings (SSSR count). The Kier molecular flexibility index (Phi) is 26.6. The molecule has 0 radical (unpaired) electrons. The lowest BCUT2D eigenvalue weighted by Gasteiger charge is -2.40. The monoisotopic (exact) mass is 744 g/mol. The Hall–Kier alpha value is -2.39. The van der Waals surface area contributed by atoms with Gasteiger partial charge in [-0.2, -0.15) is 8.42 Å². The van der Waals surface area contributed by atoms with Crippen molar-refractivity contribution in [3.05, 3.63) is 48.6 Å². The average Bonchev–Trinajstić information content (AvgIpc) is 3.09. The summed E-state index contributed by atoms with van der Waals surface area (Å²) < 4.78 is 53.6. The fraction of sp³-hybridized carbons (Fsp3) is 0.737. The van der Waals surface area contributed by atoms with Crippen LogP contribution in [0.25, 0.3) is 0 Å². The van der Waals surface area contributed by atoms with Gasteiger partial charge in [0.15, 0.2) is 12.4 Å². The van der Waals surface area contributed by atoms with E-state index in [1.165, 1.54) is 38.5 Å². The van der Waals surface area contributed by atoms with E-state index in [9.17, 15) is 37.9 Å². The van der Waals surface area contributed by atoms with Crippen molar-refractivity contribution in [2.24, 2.45) is 0 Å². The minimum atomic E-state index is -4.60. The molecule has 0 aromatic heterocycles. The molecule has 6 unspecified atom stereocenters. The van der Waals surface area contributed by atoms with Crippen molar-refractivity contribution in [3.8, 4) is 0 Å². The number of hydrogen-bond donors (Lipinski definition) is 4. The minimum Gasteiger partial charge on any atom is -0.462 e. The summed E-state index contributed by atoms with van der Waals surface area (Å²) in [4.78, 5) is 25.1. The van der Waals surface area contributed by atoms with Crippen molar-refractivity contribution in [2.45, 2.75) is 160 Å². The highest BCUT2D eigenvalue weighted by molar-refractivity contribution is 7.85. The molecule has 1 heterocycles. The van der Waals surface area contributed by atoms with Gasteiger partial charge in [0.25, 0.3) is 10.1 Å². The summed E-state index contributed by atoms with van der Waals surface area (Å²) >= 11 is 0. The van der Waals surface area contributed by atoms with Crippen LogP contribution in [0.3, 0.4) is 0 Å². The molecule has 0 aromatic rings. The van der Waals surface area contributed by atoms with E-state index in [1.54, 1.807) is 0 Å². The van der Waals surface area contributed by atoms with Gasteiger partial charge in [-0.25, -0.2) is 0 Å². The number of carbonyl (C=O) groups excluding carboxylic acids is 2. The summed E-state index contributed by atoms with van der Waals surface area (Å²) in [6, 6.07) is 0. The molecule has 1 saturated heterocycles. The van der Waals surface area contributed by atoms with E-state index in [0.717, 1.165) is 38.5 Å². The molecule has 13 heteroatoms. The zero-order valence-corrected chi connectivity index (χ0v) is 31.5. The number of carbonyl (C=O) groups is 2. The molecule has 0 amide bonds. The fourth-order valence-corrected chi connectivity index (χ4v) is 5.97. The molecule has 294 valence electrons. The van der Waals surface area contributed by atoms with Gasteiger partial charge in [-0.3, -0.25) is 14.1 Å². The standard InChI is InChI=1S/C38H64O12S/c1-3-5-7-9-11-13-15-16-17-19-21-23-25-27-34(40)49-31(28-47-33(39)26-24-22-20-18-14-12-10-8-6-4-2)29-48-38-37(43)36(42)35(41)32(50-38)30-51(44,45)46/h5,7,11,13,16-17,21,23,31-32,35-38,41-43H,3-4,6,8-10,12,14-15,18-20,22,24-30H2,1-2H3,(H,44,45,46)/b7-5-,13-11-,17-16-,23-21-. The van der Waals surface area contributed by atoms with Crippen LogP contribution in [0.4, 0.5) is 0 Å². The first-order valence-corrected chi connectivity index (χ1v) is 20.3. The maximum Gasteiger partial charge on any atom is 0.306 e. The molecule has 0 spiro atoms. The maximum atomic E-state index is 12.7. The molecule has 6 atom stereocenters. The Morgan fingerprint density at radius 2 is 1.24 bits per heavy atom. The summed E-state index contributed by atoms with van der Waals surface area (Å²) in [5.41, 5.74) is 0. The van der Waals surface area contributed by atoms with E-state index in [0.29, 0.717) is 19.3 Å². The quantitative estimate of drug-likeness (QED) is 0.0301. The Bertz CT molecular complexity index is 1150. The van der Waals surface area contributed by atoms with Crippen LogP contribution in [0.1, 0.15) is 123 Å². The molecular weight excluding hydrogens is 680 g/mol. The Morgan fingerprint density at radius 3 is 1.80 bits per heavy atom. The van der Waals surface area contributed by atoms with Crippen molar-refractivity contribution < 1.29 is 56.8 Å². The molecule has 4 N–H and O–H groups in total. The number of allylic oxidation sites excluding steroid dienone is 8. The van der Waals surface area contributed by atoms with Crippen LogP contribution in [0.15, 0.2) is 48.6 Å². The number of aliphatic hydroxyl groups is 3. The largest absolute Gasteiger partial charge is 0.462 e. The first kappa shape index (κ1) is 46.6. The zero-order valence-electron chi connectivity index (χ0n) is 30.7. The van der Waals surface area contributed by atoms with Gasteiger partial charge in [0, 0.05) is 12.8 Å². The van der Waals surface area contributed by atoms with Crippen LogP contribution >= 0.6 is 0 Å². The van der Waals surface area contributed by atoms with E-state index in [4.69, 9.17) is 18.9 Å². The van der Waals surface area contributed by atoms with E-state index < -0.39 is 71.2 Å². The first-order valence-electron chi connectivity index (χ1n) is 18.7. The van der Waals surface area contributed by atoms with Crippen LogP contribution in [0, 0.1) is 0 Å². The van der Waals surface area contributed by atoms with Gasteiger partial charge in [-0.15, -0.1) is 0 Å². The number of esters is 2. The van der Waals surface area contributed by atoms with Crippen LogP contribution in [0.2, 0.25) is 0 Å². The lowest BCUT2D eigenvalue weighted by molar-refractivity contribution is -0.297. The summed E-state index contributed by atoms with van der Waals surface area (Å²) in [5, 5.41) is 30.7. The van der Waals surface area contributed by atoms with Crippen molar-refractivity contribution in [1.29, 1.82) is 0 Å². The van der Waals surface area contributed by atoms with Gasteiger partial charge in [0.1, 0.15) is 36.8 Å². The van der Waals surface area contributed by atoms with E-state index >= 15 is 0 Å². The minimum absolute atomic E-state index is 0.0428. The summed E-state index contributed by atoms with van der Waals surface area (Å²) in [5.74, 6) is -2.10. The van der Waals surface area contributed by atoms with Gasteiger partial charge in [0.2, 0.25) is 0 Å². The fourth-order valence-electron chi connectivity index (χ4n) is 5.28. The van der Waals surface area contributed by atoms with Crippen LogP contribution in [-0.4, -0.2) is 96.0 Å². The lowest BCUT2D eigenvalue weighted by atomic mass is 10.00. The third-order valence-electron chi connectivity index (χ3n) is 8.19. The normalized spacial score (nSPS) is 22.0. The van der Waals surface area contributed by atoms with Crippen LogP contribution in [-0.2, 0) is 38.7 Å². The molecule has 0 bridgehead atoms. The summed E-state index contributed by atoms with van der Waals surface area (Å²) in [6.07, 6.45) is 22.0. The van der Waals surface area contributed by atoms with E-state index in [2.05, 4.69) is 44.2 Å². The number of ether oxygens (including phenoxy) is 4. The Morgan fingerprint density at radius 1 is 0.686 bits per heavy atom. The third-order valence-corrected chi connectivity index (χ3v) is 8.94. The van der Waals surface area contributed by atoms with E-state index in [1.807, 2.05) is 18.2 Å². The second-order valence-corrected chi connectivity index (χ2v) is 14.4. The summed E-state index contributed by atoms with van der Waals surface area (Å²) in [7, 11) is -4.60. The molecule has 0 aliphatic carbocycles. The van der Waals surface area contributed by atoms with Gasteiger partial charge in [0.05, 0.1) is 6.61 Å². The molecular formula is C38H64O12S. The summed E-state index contributed by atoms with van der Waals surface area (Å²) in [6.45, 7) is 3.52. The highest BCUT2D eigenvalue weighted by Gasteiger charge is 2.46. The number of hydrogen-bond acceptors (Lipinski definition) is 11. The van der Waals surface area contributed by atoms with Crippen LogP contribution in [0.5, 0.6) is 0 Å². The maximum absolute atomic E-state index is 12.7. The van der Waals surface area contributed by atoms with Crippen molar-refractivity contribution >= 4 is 22.1 Å². The van der Waals surface area contributed by atoms with Gasteiger partial charge < -0.3 is 34.3 Å². The van der Waals surface area contributed by atoms with Gasteiger partial charge in [-0.1, -0.05) is 120 Å². The molecule has 0 aromatic carbocycles. The topological polar surface area (TPSA) is 186 Å². The predicted octanol–water partition coefficient (Wildman–Crippen LogP) is 6.05. The highest BCUT2D eigenvalue weighted by atomic mass is 32.2. The predicted molar refractivity (Wildman–Crippen MR) is 196 cm³/mol. The number of unbranched alkanes of at least 4 members (excludes halogenated alkanes) is 9.